The summed E-state index contributed by atoms with van der Waals surface area (Å²) in [6, 6.07) is 18.2. The van der Waals surface area contributed by atoms with Gasteiger partial charge in [0.05, 0.1) is 11.6 Å². The van der Waals surface area contributed by atoms with Gasteiger partial charge in [0.15, 0.2) is 0 Å². The Bertz CT molecular complexity index is 1240. The zero-order valence-electron chi connectivity index (χ0n) is 16.9. The molecule has 0 saturated heterocycles. The van der Waals surface area contributed by atoms with E-state index in [9.17, 15) is 0 Å². The van der Waals surface area contributed by atoms with Crippen molar-refractivity contribution < 1.29 is 0 Å². The lowest BCUT2D eigenvalue weighted by atomic mass is 10.1. The molecule has 10 heteroatoms. The molecular weight excluding hydrogens is 440 g/mol. The molecule has 158 valence electrons. The minimum atomic E-state index is 0.663. The molecule has 0 bridgehead atoms. The first-order chi connectivity index (χ1) is 15.8. The van der Waals surface area contributed by atoms with E-state index in [1.54, 1.807) is 11.0 Å². The summed E-state index contributed by atoms with van der Waals surface area (Å²) in [7, 11) is 0. The van der Waals surface area contributed by atoms with Crippen molar-refractivity contribution in [3.8, 4) is 16.3 Å². The van der Waals surface area contributed by atoms with E-state index in [-0.39, 0.29) is 0 Å². The van der Waals surface area contributed by atoms with Gasteiger partial charge in [0, 0.05) is 43.4 Å². The van der Waals surface area contributed by atoms with Crippen molar-refractivity contribution in [1.29, 1.82) is 5.26 Å². The van der Waals surface area contributed by atoms with Gasteiger partial charge in [-0.3, -0.25) is 14.0 Å². The van der Waals surface area contributed by atoms with Gasteiger partial charge >= 0.3 is 0 Å². The maximum atomic E-state index is 9.11. The number of nitrogens with zero attached hydrogens (tertiary/aromatic N) is 8. The minimum absolute atomic E-state index is 0.663. The van der Waals surface area contributed by atoms with Crippen LogP contribution in [0.25, 0.3) is 10.3 Å². The molecule has 4 aromatic heterocycles. The molecule has 0 fully saturated rings. The van der Waals surface area contributed by atoms with Gasteiger partial charge in [-0.25, -0.2) is 0 Å². The Kier molecular flexibility index (Phi) is 5.85. The summed E-state index contributed by atoms with van der Waals surface area (Å²) < 4.78 is 4.15. The first-order valence-electron chi connectivity index (χ1n) is 9.87. The van der Waals surface area contributed by atoms with Crippen LogP contribution in [0.5, 0.6) is 0 Å². The van der Waals surface area contributed by atoms with E-state index in [2.05, 4.69) is 52.6 Å². The Balaban J connectivity index is 1.44. The van der Waals surface area contributed by atoms with Crippen molar-refractivity contribution in [1.82, 2.24) is 34.4 Å². The molecule has 0 spiro atoms. The molecule has 0 aliphatic rings. The molecule has 0 unspecified atom stereocenters. The van der Waals surface area contributed by atoms with Crippen LogP contribution in [0.1, 0.15) is 22.5 Å². The SMILES string of the molecule is N#Cc1ccc(CN(Cc2cccn2-c2nncs2)Cc2cccn2-c2nncs2)cc1. The number of rotatable bonds is 8. The highest BCUT2D eigenvalue weighted by atomic mass is 32.1. The third kappa shape index (κ3) is 4.36. The summed E-state index contributed by atoms with van der Waals surface area (Å²) in [5, 5.41) is 27.2. The third-order valence-electron chi connectivity index (χ3n) is 5.04. The predicted octanol–water partition coefficient (Wildman–Crippen LogP) is 4.05. The van der Waals surface area contributed by atoms with Gasteiger partial charge in [-0.05, 0) is 42.0 Å². The lowest BCUT2D eigenvalue weighted by molar-refractivity contribution is 0.239. The van der Waals surface area contributed by atoms with Gasteiger partial charge in [-0.1, -0.05) is 34.8 Å². The molecule has 8 nitrogen and oxygen atoms in total. The Morgan fingerprint density at radius 3 is 1.81 bits per heavy atom. The molecule has 0 N–H and O–H groups in total. The Hall–Kier alpha value is -3.65. The van der Waals surface area contributed by atoms with E-state index in [0.717, 1.165) is 33.8 Å². The maximum Gasteiger partial charge on any atom is 0.216 e. The highest BCUT2D eigenvalue weighted by molar-refractivity contribution is 7.12. The Labute approximate surface area is 192 Å². The monoisotopic (exact) mass is 458 g/mol. The molecule has 0 aliphatic heterocycles. The third-order valence-corrected chi connectivity index (χ3v) is 6.41. The number of aromatic nitrogens is 6. The topological polar surface area (TPSA) is 88.5 Å². The van der Waals surface area contributed by atoms with Gasteiger partial charge in [0.1, 0.15) is 11.0 Å². The summed E-state index contributed by atoms with van der Waals surface area (Å²) in [5.41, 5.74) is 7.54. The highest BCUT2D eigenvalue weighted by Gasteiger charge is 2.16. The van der Waals surface area contributed by atoms with Crippen LogP contribution in [0.2, 0.25) is 0 Å². The Morgan fingerprint density at radius 1 is 0.781 bits per heavy atom. The number of hydrogen-bond acceptors (Lipinski definition) is 8. The first kappa shape index (κ1) is 20.3. The van der Waals surface area contributed by atoms with Crippen LogP contribution >= 0.6 is 22.7 Å². The van der Waals surface area contributed by atoms with Gasteiger partial charge in [0.2, 0.25) is 10.3 Å². The van der Waals surface area contributed by atoms with E-state index >= 15 is 0 Å². The van der Waals surface area contributed by atoms with Crippen molar-refractivity contribution >= 4 is 22.7 Å². The molecule has 1 aromatic carbocycles. The van der Waals surface area contributed by atoms with Crippen molar-refractivity contribution in [2.24, 2.45) is 0 Å². The van der Waals surface area contributed by atoms with Crippen molar-refractivity contribution in [2.75, 3.05) is 0 Å². The molecule has 0 atom stereocenters. The van der Waals surface area contributed by atoms with E-state index < -0.39 is 0 Å². The van der Waals surface area contributed by atoms with Gasteiger partial charge in [-0.2, -0.15) is 5.26 Å². The van der Waals surface area contributed by atoms with E-state index in [1.807, 2.05) is 48.8 Å². The molecule has 0 amide bonds. The number of benzene rings is 1. The Morgan fingerprint density at radius 2 is 1.34 bits per heavy atom. The molecule has 0 radical (unpaired) electrons. The average Bonchev–Trinajstić information content (AvgIpc) is 3.61. The van der Waals surface area contributed by atoms with Crippen LogP contribution in [-0.2, 0) is 19.6 Å². The van der Waals surface area contributed by atoms with E-state index in [1.165, 1.54) is 22.7 Å². The second kappa shape index (κ2) is 9.23. The van der Waals surface area contributed by atoms with Crippen LogP contribution in [0.3, 0.4) is 0 Å². The molecular formula is C22H18N8S2. The lowest BCUT2D eigenvalue weighted by Crippen LogP contribution is -2.25. The molecule has 5 aromatic rings. The summed E-state index contributed by atoms with van der Waals surface area (Å²) in [6.07, 6.45) is 4.03. The molecule has 5 rings (SSSR count). The summed E-state index contributed by atoms with van der Waals surface area (Å²) in [5.74, 6) is 0. The molecule has 0 saturated carbocycles. The normalized spacial score (nSPS) is 11.1. The highest BCUT2D eigenvalue weighted by Crippen LogP contribution is 2.21. The maximum absolute atomic E-state index is 9.11. The fourth-order valence-corrected chi connectivity index (χ4v) is 4.73. The fourth-order valence-electron chi connectivity index (χ4n) is 3.58. The number of hydrogen-bond donors (Lipinski definition) is 0. The van der Waals surface area contributed by atoms with E-state index in [4.69, 9.17) is 5.26 Å². The van der Waals surface area contributed by atoms with Gasteiger partial charge < -0.3 is 0 Å². The quantitative estimate of drug-likeness (QED) is 0.349. The summed E-state index contributed by atoms with van der Waals surface area (Å²) in [6.45, 7) is 2.16. The largest absolute Gasteiger partial charge is 0.294 e. The smallest absolute Gasteiger partial charge is 0.216 e. The zero-order valence-corrected chi connectivity index (χ0v) is 18.6. The lowest BCUT2D eigenvalue weighted by Gasteiger charge is -2.23. The number of nitriles is 1. The van der Waals surface area contributed by atoms with Crippen LogP contribution in [0.15, 0.2) is 71.9 Å². The van der Waals surface area contributed by atoms with Crippen LogP contribution in [0.4, 0.5) is 0 Å². The van der Waals surface area contributed by atoms with E-state index in [0.29, 0.717) is 18.7 Å². The second-order valence-electron chi connectivity index (χ2n) is 7.14. The van der Waals surface area contributed by atoms with Crippen LogP contribution in [-0.4, -0.2) is 34.4 Å². The zero-order chi connectivity index (χ0) is 21.8. The van der Waals surface area contributed by atoms with Crippen molar-refractivity contribution in [3.63, 3.8) is 0 Å². The fraction of sp³-hybridized carbons (Fsp3) is 0.136. The summed E-state index contributed by atoms with van der Waals surface area (Å²) >= 11 is 3.02. The van der Waals surface area contributed by atoms with Crippen molar-refractivity contribution in [2.45, 2.75) is 19.6 Å². The predicted molar refractivity (Wildman–Crippen MR) is 123 cm³/mol. The van der Waals surface area contributed by atoms with Gasteiger partial charge in [0.25, 0.3) is 0 Å². The minimum Gasteiger partial charge on any atom is -0.294 e. The molecule has 32 heavy (non-hydrogen) atoms. The van der Waals surface area contributed by atoms with Crippen LogP contribution in [0, 0.1) is 11.3 Å². The standard InChI is InChI=1S/C22H18N8S2/c23-11-17-5-7-18(8-6-17)12-28(13-19-3-1-9-29(19)21-26-24-15-31-21)14-20-4-2-10-30(20)22-27-25-16-32-22/h1-10,15-16H,12-14H2. The van der Waals surface area contributed by atoms with Crippen molar-refractivity contribution in [3.05, 3.63) is 94.5 Å². The summed E-state index contributed by atoms with van der Waals surface area (Å²) in [4.78, 5) is 2.36. The molecule has 0 aliphatic carbocycles. The van der Waals surface area contributed by atoms with Crippen LogP contribution < -0.4 is 0 Å². The average molecular weight is 459 g/mol. The van der Waals surface area contributed by atoms with Gasteiger partial charge in [-0.15, -0.1) is 20.4 Å². The molecule has 4 heterocycles. The first-order valence-corrected chi connectivity index (χ1v) is 11.6. The second-order valence-corrected chi connectivity index (χ2v) is 8.76.